The van der Waals surface area contributed by atoms with E-state index in [1.54, 1.807) is 11.6 Å². The van der Waals surface area contributed by atoms with Crippen molar-refractivity contribution in [2.75, 3.05) is 0 Å². The summed E-state index contributed by atoms with van der Waals surface area (Å²) in [5.74, 6) is -0.365. The smallest absolute Gasteiger partial charge is 0.250 e. The molecule has 0 atom stereocenters. The Hall–Kier alpha value is -1.29. The lowest BCUT2D eigenvalue weighted by atomic mass is 10.2. The average Bonchev–Trinajstić information content (AvgIpc) is 2.41. The van der Waals surface area contributed by atoms with Gasteiger partial charge in [-0.15, -0.1) is 11.3 Å². The Bertz CT molecular complexity index is 401. The summed E-state index contributed by atoms with van der Waals surface area (Å²) >= 11 is 1.49. The zero-order valence-corrected chi connectivity index (χ0v) is 6.44. The molecule has 0 fully saturated rings. The number of hydrogen-bond donors (Lipinski definition) is 2. The molecule has 11 heavy (non-hydrogen) atoms. The molecule has 0 aliphatic rings. The summed E-state index contributed by atoms with van der Waals surface area (Å²) in [6, 6.07) is 1.85. The number of aromatic nitrogens is 1. The molecule has 0 spiro atoms. The van der Waals surface area contributed by atoms with Gasteiger partial charge in [-0.2, -0.15) is 0 Å². The second kappa shape index (κ2) is 2.10. The van der Waals surface area contributed by atoms with E-state index in [4.69, 9.17) is 5.73 Å². The van der Waals surface area contributed by atoms with Crippen molar-refractivity contribution in [1.82, 2.24) is 4.98 Å². The molecule has 0 aromatic carbocycles. The summed E-state index contributed by atoms with van der Waals surface area (Å²) in [6.45, 7) is 0. The molecule has 0 bridgehead atoms. The van der Waals surface area contributed by atoms with Crippen molar-refractivity contribution in [2.45, 2.75) is 0 Å². The van der Waals surface area contributed by atoms with Crippen molar-refractivity contribution < 1.29 is 4.79 Å². The fourth-order valence-electron chi connectivity index (χ4n) is 1.04. The van der Waals surface area contributed by atoms with E-state index < -0.39 is 0 Å². The van der Waals surface area contributed by atoms with Crippen molar-refractivity contribution >= 4 is 27.5 Å². The van der Waals surface area contributed by atoms with E-state index in [1.165, 1.54) is 11.3 Å². The normalized spacial score (nSPS) is 10.5. The molecular formula is C7H6N2OS. The molecule has 3 N–H and O–H groups in total. The van der Waals surface area contributed by atoms with Crippen molar-refractivity contribution in [3.05, 3.63) is 23.2 Å². The Morgan fingerprint density at radius 2 is 2.45 bits per heavy atom. The van der Waals surface area contributed by atoms with Crippen LogP contribution in [-0.4, -0.2) is 10.9 Å². The molecule has 1 amide bonds. The number of amides is 1. The van der Waals surface area contributed by atoms with E-state index in [0.29, 0.717) is 5.56 Å². The number of rotatable bonds is 1. The van der Waals surface area contributed by atoms with Crippen molar-refractivity contribution in [1.29, 1.82) is 0 Å². The van der Waals surface area contributed by atoms with Gasteiger partial charge in [0, 0.05) is 17.0 Å². The molecule has 2 heterocycles. The van der Waals surface area contributed by atoms with Gasteiger partial charge in [-0.1, -0.05) is 0 Å². The third-order valence-corrected chi connectivity index (χ3v) is 2.49. The summed E-state index contributed by atoms with van der Waals surface area (Å²) in [4.78, 5) is 14.8. The first-order valence-corrected chi connectivity index (χ1v) is 4.01. The Morgan fingerprint density at radius 1 is 1.64 bits per heavy atom. The highest BCUT2D eigenvalue weighted by Gasteiger charge is 2.08. The molecule has 2 aromatic rings. The van der Waals surface area contributed by atoms with Crippen LogP contribution in [0, 0.1) is 0 Å². The van der Waals surface area contributed by atoms with E-state index in [0.717, 1.165) is 10.2 Å². The van der Waals surface area contributed by atoms with Crippen LogP contribution in [0.4, 0.5) is 0 Å². The lowest BCUT2D eigenvalue weighted by molar-refractivity contribution is 0.100. The second-order valence-electron chi connectivity index (χ2n) is 2.23. The van der Waals surface area contributed by atoms with Crippen LogP contribution < -0.4 is 5.73 Å². The first-order valence-electron chi connectivity index (χ1n) is 3.13. The Labute approximate surface area is 66.8 Å². The van der Waals surface area contributed by atoms with Gasteiger partial charge >= 0.3 is 0 Å². The molecular weight excluding hydrogens is 160 g/mol. The molecule has 4 heteroatoms. The summed E-state index contributed by atoms with van der Waals surface area (Å²) in [5.41, 5.74) is 5.74. The third kappa shape index (κ3) is 0.832. The zero-order chi connectivity index (χ0) is 7.84. The van der Waals surface area contributed by atoms with Crippen LogP contribution in [0.25, 0.3) is 10.2 Å². The number of hydrogen-bond acceptors (Lipinski definition) is 2. The first kappa shape index (κ1) is 6.42. The van der Waals surface area contributed by atoms with Gasteiger partial charge in [0.15, 0.2) is 0 Å². The summed E-state index contributed by atoms with van der Waals surface area (Å²) in [6.07, 6.45) is 1.80. The lowest BCUT2D eigenvalue weighted by Crippen LogP contribution is -2.09. The van der Waals surface area contributed by atoms with E-state index in [1.807, 2.05) is 6.07 Å². The van der Waals surface area contributed by atoms with Crippen LogP contribution >= 0.6 is 11.3 Å². The van der Waals surface area contributed by atoms with Gasteiger partial charge in [0.05, 0.1) is 5.56 Å². The standard InChI is InChI=1S/C7H6N2OS/c8-6(10)5-3-11-7-4(5)1-2-9-7/h1-3,9H,(H2,8,10). The fraction of sp³-hybridized carbons (Fsp3) is 0. The number of H-pyrrole nitrogens is 1. The van der Waals surface area contributed by atoms with Crippen LogP contribution in [0.2, 0.25) is 0 Å². The van der Waals surface area contributed by atoms with Gasteiger partial charge in [0.2, 0.25) is 5.91 Å². The zero-order valence-electron chi connectivity index (χ0n) is 5.63. The number of aromatic amines is 1. The van der Waals surface area contributed by atoms with Crippen LogP contribution in [0.15, 0.2) is 17.6 Å². The number of fused-ring (bicyclic) bond motifs is 1. The Balaban J connectivity index is 2.78. The highest BCUT2D eigenvalue weighted by Crippen LogP contribution is 2.23. The number of primary amides is 1. The SMILES string of the molecule is NC(=O)c1csc2[nH]ccc12. The Kier molecular flexibility index (Phi) is 1.22. The highest BCUT2D eigenvalue weighted by atomic mass is 32.1. The van der Waals surface area contributed by atoms with E-state index in [-0.39, 0.29) is 5.91 Å². The maximum atomic E-state index is 10.8. The van der Waals surface area contributed by atoms with Crippen molar-refractivity contribution in [3.8, 4) is 0 Å². The van der Waals surface area contributed by atoms with Gasteiger partial charge in [0.25, 0.3) is 0 Å². The van der Waals surface area contributed by atoms with Crippen molar-refractivity contribution in [3.63, 3.8) is 0 Å². The summed E-state index contributed by atoms with van der Waals surface area (Å²) in [7, 11) is 0. The van der Waals surface area contributed by atoms with Gasteiger partial charge in [-0.25, -0.2) is 0 Å². The number of nitrogens with one attached hydrogen (secondary N) is 1. The Morgan fingerprint density at radius 3 is 3.18 bits per heavy atom. The number of nitrogens with two attached hydrogens (primary N) is 1. The van der Waals surface area contributed by atoms with Gasteiger partial charge in [0.1, 0.15) is 4.83 Å². The maximum absolute atomic E-state index is 10.8. The summed E-state index contributed by atoms with van der Waals surface area (Å²) < 4.78 is 0. The largest absolute Gasteiger partial charge is 0.366 e. The van der Waals surface area contributed by atoms with E-state index in [9.17, 15) is 4.79 Å². The van der Waals surface area contributed by atoms with E-state index in [2.05, 4.69) is 4.98 Å². The minimum Gasteiger partial charge on any atom is -0.366 e. The topological polar surface area (TPSA) is 58.9 Å². The van der Waals surface area contributed by atoms with Crippen LogP contribution in [0.1, 0.15) is 10.4 Å². The number of thiophene rings is 1. The van der Waals surface area contributed by atoms with Crippen molar-refractivity contribution in [2.24, 2.45) is 5.73 Å². The molecule has 0 aliphatic heterocycles. The molecule has 0 unspecified atom stereocenters. The van der Waals surface area contributed by atoms with E-state index >= 15 is 0 Å². The molecule has 2 rings (SSSR count). The third-order valence-electron chi connectivity index (χ3n) is 1.56. The van der Waals surface area contributed by atoms with Crippen LogP contribution in [0.3, 0.4) is 0 Å². The van der Waals surface area contributed by atoms with Gasteiger partial charge in [-0.3, -0.25) is 4.79 Å². The molecule has 0 saturated heterocycles. The molecule has 0 aliphatic carbocycles. The first-order chi connectivity index (χ1) is 5.29. The molecule has 0 radical (unpaired) electrons. The molecule has 3 nitrogen and oxygen atoms in total. The molecule has 0 saturated carbocycles. The predicted octanol–water partition coefficient (Wildman–Crippen LogP) is 1.33. The van der Waals surface area contributed by atoms with Crippen LogP contribution in [-0.2, 0) is 0 Å². The fourth-order valence-corrected chi connectivity index (χ4v) is 1.96. The monoisotopic (exact) mass is 166 g/mol. The minimum atomic E-state index is -0.365. The number of carbonyl (C=O) groups excluding carboxylic acids is 1. The molecule has 2 aromatic heterocycles. The highest BCUT2D eigenvalue weighted by molar-refractivity contribution is 7.17. The van der Waals surface area contributed by atoms with Gasteiger partial charge in [-0.05, 0) is 6.07 Å². The quantitative estimate of drug-likeness (QED) is 0.659. The maximum Gasteiger partial charge on any atom is 0.250 e. The average molecular weight is 166 g/mol. The lowest BCUT2D eigenvalue weighted by Gasteiger charge is -1.85. The predicted molar refractivity (Wildman–Crippen MR) is 44.7 cm³/mol. The second-order valence-corrected chi connectivity index (χ2v) is 3.11. The summed E-state index contributed by atoms with van der Waals surface area (Å²) in [5, 5.41) is 2.69. The molecule has 56 valence electrons. The number of carbonyl (C=O) groups is 1. The van der Waals surface area contributed by atoms with Crippen LogP contribution in [0.5, 0.6) is 0 Å². The van der Waals surface area contributed by atoms with Gasteiger partial charge < -0.3 is 10.7 Å². The minimum absolute atomic E-state index is 0.365.